The number of aromatic carboxylic acids is 1. The molecule has 14 heavy (non-hydrogen) atoms. The maximum atomic E-state index is 10.6. The van der Waals surface area contributed by atoms with Gasteiger partial charge in [0.1, 0.15) is 11.3 Å². The summed E-state index contributed by atoms with van der Waals surface area (Å²) in [6.07, 6.45) is 0. The predicted molar refractivity (Wildman–Crippen MR) is 48.9 cm³/mol. The van der Waals surface area contributed by atoms with Crippen LogP contribution in [0.2, 0.25) is 0 Å². The van der Waals surface area contributed by atoms with Crippen molar-refractivity contribution in [2.24, 2.45) is 0 Å². The summed E-state index contributed by atoms with van der Waals surface area (Å²) in [6, 6.07) is 2.26. The van der Waals surface area contributed by atoms with Crippen LogP contribution < -0.4 is 11.5 Å². The van der Waals surface area contributed by atoms with E-state index in [9.17, 15) is 14.9 Å². The summed E-state index contributed by atoms with van der Waals surface area (Å²) in [5.74, 6) is -1.41. The average Bonchev–Trinajstić information content (AvgIpc) is 2.08. The number of benzene rings is 1. The molecule has 0 unspecified atom stereocenters. The second-order valence-corrected chi connectivity index (χ2v) is 2.53. The molecule has 0 bridgehead atoms. The molecule has 5 N–H and O–H groups in total. The minimum atomic E-state index is -1.41. The molecule has 0 atom stereocenters. The third kappa shape index (κ3) is 1.42. The molecule has 0 aromatic heterocycles. The van der Waals surface area contributed by atoms with E-state index in [-0.39, 0.29) is 11.4 Å². The molecule has 0 spiro atoms. The quantitative estimate of drug-likeness (QED) is 0.358. The highest BCUT2D eigenvalue weighted by Gasteiger charge is 2.24. The van der Waals surface area contributed by atoms with Gasteiger partial charge in [-0.25, -0.2) is 4.79 Å². The maximum Gasteiger partial charge on any atom is 0.342 e. The summed E-state index contributed by atoms with van der Waals surface area (Å²) >= 11 is 0. The number of nitrogens with zero attached hydrogens (tertiary/aromatic N) is 1. The van der Waals surface area contributed by atoms with Crippen LogP contribution in [0.25, 0.3) is 0 Å². The van der Waals surface area contributed by atoms with Gasteiger partial charge >= 0.3 is 11.7 Å². The molecule has 0 radical (unpaired) electrons. The molecule has 0 heterocycles. The number of nitro benzene ring substituents is 1. The monoisotopic (exact) mass is 197 g/mol. The van der Waals surface area contributed by atoms with Gasteiger partial charge in [0, 0.05) is 0 Å². The van der Waals surface area contributed by atoms with Gasteiger partial charge in [0.15, 0.2) is 0 Å². The van der Waals surface area contributed by atoms with Gasteiger partial charge in [0.2, 0.25) is 0 Å². The summed E-state index contributed by atoms with van der Waals surface area (Å²) in [7, 11) is 0. The van der Waals surface area contributed by atoms with Crippen LogP contribution in [0.4, 0.5) is 17.1 Å². The number of nitro groups is 1. The molecule has 0 saturated heterocycles. The molecule has 1 aromatic rings. The van der Waals surface area contributed by atoms with Crippen molar-refractivity contribution >= 4 is 23.0 Å². The van der Waals surface area contributed by atoms with Gasteiger partial charge in [0.25, 0.3) is 0 Å². The van der Waals surface area contributed by atoms with E-state index in [4.69, 9.17) is 16.6 Å². The molecule has 0 fully saturated rings. The Bertz CT molecular complexity index is 416. The van der Waals surface area contributed by atoms with E-state index in [1.54, 1.807) is 0 Å². The number of carbonyl (C=O) groups is 1. The number of hydrogen-bond donors (Lipinski definition) is 3. The third-order valence-electron chi connectivity index (χ3n) is 1.66. The molecule has 0 amide bonds. The first-order valence-electron chi connectivity index (χ1n) is 3.50. The molecule has 1 aromatic carbocycles. The minimum absolute atomic E-state index is 0.0123. The topological polar surface area (TPSA) is 132 Å². The van der Waals surface area contributed by atoms with Crippen LogP contribution in [0.1, 0.15) is 10.4 Å². The molecular weight excluding hydrogens is 190 g/mol. The van der Waals surface area contributed by atoms with Gasteiger partial charge in [-0.1, -0.05) is 0 Å². The fraction of sp³-hybridized carbons (Fsp3) is 0. The Morgan fingerprint density at radius 1 is 1.43 bits per heavy atom. The van der Waals surface area contributed by atoms with E-state index < -0.39 is 22.1 Å². The summed E-state index contributed by atoms with van der Waals surface area (Å²) in [5, 5.41) is 19.1. The molecule has 0 aliphatic carbocycles. The van der Waals surface area contributed by atoms with Gasteiger partial charge < -0.3 is 16.6 Å². The van der Waals surface area contributed by atoms with Gasteiger partial charge in [-0.3, -0.25) is 10.1 Å². The van der Waals surface area contributed by atoms with Gasteiger partial charge in [-0.15, -0.1) is 0 Å². The van der Waals surface area contributed by atoms with Crippen LogP contribution >= 0.6 is 0 Å². The lowest BCUT2D eigenvalue weighted by atomic mass is 10.1. The first-order valence-corrected chi connectivity index (χ1v) is 3.50. The number of carboxylic acid groups (broad SMARTS) is 1. The second-order valence-electron chi connectivity index (χ2n) is 2.53. The predicted octanol–water partition coefficient (Wildman–Crippen LogP) is 0.457. The lowest BCUT2D eigenvalue weighted by Gasteiger charge is -2.03. The lowest BCUT2D eigenvalue weighted by Crippen LogP contribution is -2.07. The highest BCUT2D eigenvalue weighted by atomic mass is 16.6. The van der Waals surface area contributed by atoms with E-state index in [1.807, 2.05) is 0 Å². The highest BCUT2D eigenvalue weighted by Crippen LogP contribution is 2.30. The van der Waals surface area contributed by atoms with Crippen LogP contribution in [-0.2, 0) is 0 Å². The SMILES string of the molecule is Nc1ccc(C(=O)O)c([N+](=O)[O-])c1N. The van der Waals surface area contributed by atoms with E-state index in [1.165, 1.54) is 6.07 Å². The molecule has 0 aliphatic heterocycles. The summed E-state index contributed by atoms with van der Waals surface area (Å²) < 4.78 is 0. The van der Waals surface area contributed by atoms with Crippen molar-refractivity contribution in [2.45, 2.75) is 0 Å². The first kappa shape index (κ1) is 9.78. The molecular formula is C7H7N3O4. The van der Waals surface area contributed by atoms with Gasteiger partial charge in [0.05, 0.1) is 10.6 Å². The Labute approximate surface area is 78.1 Å². The van der Waals surface area contributed by atoms with Crippen molar-refractivity contribution in [2.75, 3.05) is 11.5 Å². The summed E-state index contributed by atoms with van der Waals surface area (Å²) in [5.41, 5.74) is 9.12. The van der Waals surface area contributed by atoms with Crippen LogP contribution in [0.15, 0.2) is 12.1 Å². The van der Waals surface area contributed by atoms with E-state index in [0.29, 0.717) is 0 Å². The van der Waals surface area contributed by atoms with E-state index in [2.05, 4.69) is 0 Å². The smallest absolute Gasteiger partial charge is 0.342 e. The van der Waals surface area contributed by atoms with Gasteiger partial charge in [-0.05, 0) is 12.1 Å². The Hall–Kier alpha value is -2.31. The zero-order valence-corrected chi connectivity index (χ0v) is 6.93. The molecule has 7 heteroatoms. The van der Waals surface area contributed by atoms with Gasteiger partial charge in [-0.2, -0.15) is 0 Å². The number of hydrogen-bond acceptors (Lipinski definition) is 5. The van der Waals surface area contributed by atoms with E-state index in [0.717, 1.165) is 6.07 Å². The molecule has 0 aliphatic rings. The second kappa shape index (κ2) is 3.21. The molecule has 7 nitrogen and oxygen atoms in total. The Morgan fingerprint density at radius 2 is 2.00 bits per heavy atom. The van der Waals surface area contributed by atoms with E-state index >= 15 is 0 Å². The number of rotatable bonds is 2. The third-order valence-corrected chi connectivity index (χ3v) is 1.66. The normalized spacial score (nSPS) is 9.71. The standard InChI is InChI=1S/C7H7N3O4/c8-4-2-1-3(7(11)12)6(5(4)9)10(13)14/h1-2H,8-9H2,(H,11,12). The minimum Gasteiger partial charge on any atom is -0.477 e. The van der Waals surface area contributed by atoms with Crippen molar-refractivity contribution < 1.29 is 14.8 Å². The number of nitrogen functional groups attached to an aromatic ring is 2. The lowest BCUT2D eigenvalue weighted by molar-refractivity contribution is -0.384. The number of anilines is 2. The van der Waals surface area contributed by atoms with Crippen LogP contribution in [0.5, 0.6) is 0 Å². The summed E-state index contributed by atoms with van der Waals surface area (Å²) in [6.45, 7) is 0. The van der Waals surface area contributed by atoms with Crippen LogP contribution in [0.3, 0.4) is 0 Å². The van der Waals surface area contributed by atoms with Crippen LogP contribution in [0, 0.1) is 10.1 Å². The van der Waals surface area contributed by atoms with Crippen molar-refractivity contribution in [3.05, 3.63) is 27.8 Å². The summed E-state index contributed by atoms with van der Waals surface area (Å²) in [4.78, 5) is 20.2. The zero-order valence-electron chi connectivity index (χ0n) is 6.93. The van der Waals surface area contributed by atoms with Crippen molar-refractivity contribution in [1.82, 2.24) is 0 Å². The fourth-order valence-electron chi connectivity index (χ4n) is 0.993. The fourth-order valence-corrected chi connectivity index (χ4v) is 0.993. The Balaban J connectivity index is 3.53. The maximum absolute atomic E-state index is 10.6. The van der Waals surface area contributed by atoms with Crippen molar-refractivity contribution in [3.8, 4) is 0 Å². The largest absolute Gasteiger partial charge is 0.477 e. The molecule has 74 valence electrons. The van der Waals surface area contributed by atoms with Crippen LogP contribution in [-0.4, -0.2) is 16.0 Å². The average molecular weight is 197 g/mol. The molecule has 0 saturated carbocycles. The van der Waals surface area contributed by atoms with Crippen molar-refractivity contribution in [1.29, 1.82) is 0 Å². The highest BCUT2D eigenvalue weighted by molar-refractivity contribution is 5.97. The zero-order chi connectivity index (χ0) is 10.9. The van der Waals surface area contributed by atoms with Crippen molar-refractivity contribution in [3.63, 3.8) is 0 Å². The number of carboxylic acids is 1. The number of nitrogens with two attached hydrogens (primary N) is 2. The first-order chi connectivity index (χ1) is 6.45. The Kier molecular flexibility index (Phi) is 2.24. The molecule has 1 rings (SSSR count). The Morgan fingerprint density at radius 3 is 2.43 bits per heavy atom.